The van der Waals surface area contributed by atoms with Crippen molar-refractivity contribution < 1.29 is 29.3 Å². The Balaban J connectivity index is 1.44. The van der Waals surface area contributed by atoms with Crippen LogP contribution in [0.1, 0.15) is 49.7 Å². The van der Waals surface area contributed by atoms with Crippen LogP contribution < -0.4 is 5.32 Å². The van der Waals surface area contributed by atoms with Crippen LogP contribution in [0.5, 0.6) is 0 Å². The van der Waals surface area contributed by atoms with Crippen molar-refractivity contribution in [2.45, 2.75) is 56.7 Å². The van der Waals surface area contributed by atoms with Crippen LogP contribution in [0.25, 0.3) is 11.1 Å². The smallest absolute Gasteiger partial charge is 0.407 e. The number of hydrogen-bond donors (Lipinski definition) is 3. The van der Waals surface area contributed by atoms with Gasteiger partial charge in [-0.2, -0.15) is 0 Å². The molecule has 0 spiro atoms. The minimum Gasteiger partial charge on any atom is -0.481 e. The summed E-state index contributed by atoms with van der Waals surface area (Å²) in [4.78, 5) is 38.5. The second-order valence-corrected chi connectivity index (χ2v) is 9.03. The zero-order valence-electron chi connectivity index (χ0n) is 19.1. The molecule has 2 unspecified atom stereocenters. The number of carbonyl (C=O) groups is 3. The Kier molecular flexibility index (Phi) is 7.17. The molecule has 0 bridgehead atoms. The largest absolute Gasteiger partial charge is 0.481 e. The molecule has 0 heterocycles. The maximum atomic E-state index is 13.1. The van der Waals surface area contributed by atoms with E-state index in [9.17, 15) is 19.5 Å². The first kappa shape index (κ1) is 23.8. The number of nitrogens with zero attached hydrogens (tertiary/aromatic N) is 1. The number of benzene rings is 2. The first-order valence-electron chi connectivity index (χ1n) is 11.7. The summed E-state index contributed by atoms with van der Waals surface area (Å²) in [5, 5.41) is 21.5. The van der Waals surface area contributed by atoms with E-state index in [2.05, 4.69) is 5.32 Å². The fourth-order valence-corrected chi connectivity index (χ4v) is 4.60. The third-order valence-corrected chi connectivity index (χ3v) is 6.31. The van der Waals surface area contributed by atoms with Gasteiger partial charge < -0.3 is 25.2 Å². The number of hydrogen-bond acceptors (Lipinski definition) is 5. The van der Waals surface area contributed by atoms with E-state index >= 15 is 0 Å². The fraction of sp³-hybridized carbons (Fsp3) is 0.423. The Morgan fingerprint density at radius 3 is 2.18 bits per heavy atom. The third-order valence-electron chi connectivity index (χ3n) is 6.31. The molecule has 34 heavy (non-hydrogen) atoms. The van der Waals surface area contributed by atoms with Gasteiger partial charge in [-0.05, 0) is 48.4 Å². The molecule has 2 atom stereocenters. The molecule has 2 aliphatic rings. The van der Waals surface area contributed by atoms with Gasteiger partial charge in [-0.25, -0.2) is 4.79 Å². The summed E-state index contributed by atoms with van der Waals surface area (Å²) in [7, 11) is 0. The van der Waals surface area contributed by atoms with E-state index < -0.39 is 30.1 Å². The highest BCUT2D eigenvalue weighted by molar-refractivity contribution is 5.87. The van der Waals surface area contributed by atoms with Crippen molar-refractivity contribution in [3.63, 3.8) is 0 Å². The Morgan fingerprint density at radius 1 is 1.06 bits per heavy atom. The van der Waals surface area contributed by atoms with E-state index in [-0.39, 0.29) is 38.0 Å². The molecule has 2 aromatic rings. The highest BCUT2D eigenvalue weighted by atomic mass is 16.5. The number of ether oxygens (including phenoxy) is 1. The lowest BCUT2D eigenvalue weighted by molar-refractivity contribution is -0.138. The minimum absolute atomic E-state index is 0.0127. The summed E-state index contributed by atoms with van der Waals surface area (Å²) in [6, 6.07) is 15.0. The summed E-state index contributed by atoms with van der Waals surface area (Å²) in [5.41, 5.74) is 4.37. The van der Waals surface area contributed by atoms with Gasteiger partial charge in [0.25, 0.3) is 0 Å². The van der Waals surface area contributed by atoms with Gasteiger partial charge in [0, 0.05) is 24.9 Å². The highest BCUT2D eigenvalue weighted by Crippen LogP contribution is 2.44. The second-order valence-electron chi connectivity index (χ2n) is 9.03. The molecule has 1 saturated carbocycles. The summed E-state index contributed by atoms with van der Waals surface area (Å²) in [6.07, 6.45) is -0.156. The normalized spacial score (nSPS) is 16.2. The third kappa shape index (κ3) is 5.39. The van der Waals surface area contributed by atoms with E-state index in [0.717, 1.165) is 35.1 Å². The topological polar surface area (TPSA) is 116 Å². The Bertz CT molecular complexity index is 1020. The van der Waals surface area contributed by atoms with E-state index in [1.165, 1.54) is 0 Å². The number of alkyl carbamates (subject to hydrolysis) is 1. The molecule has 180 valence electrons. The van der Waals surface area contributed by atoms with Gasteiger partial charge in [-0.15, -0.1) is 0 Å². The maximum Gasteiger partial charge on any atom is 0.407 e. The molecule has 2 amide bonds. The molecule has 2 aliphatic carbocycles. The molecule has 8 heteroatoms. The number of carboxylic acid groups (broad SMARTS) is 1. The van der Waals surface area contributed by atoms with Crippen LogP contribution in [0.4, 0.5) is 4.79 Å². The summed E-state index contributed by atoms with van der Waals surface area (Å²) in [5.74, 6) is -1.57. The van der Waals surface area contributed by atoms with Crippen LogP contribution in [0.2, 0.25) is 0 Å². The van der Waals surface area contributed by atoms with Gasteiger partial charge in [0.1, 0.15) is 12.6 Å². The lowest BCUT2D eigenvalue weighted by Crippen LogP contribution is -2.51. The molecule has 0 radical (unpaired) electrons. The van der Waals surface area contributed by atoms with Gasteiger partial charge in [-0.1, -0.05) is 48.5 Å². The van der Waals surface area contributed by atoms with Crippen molar-refractivity contribution in [1.29, 1.82) is 0 Å². The molecule has 0 aromatic heterocycles. The highest BCUT2D eigenvalue weighted by Gasteiger charge is 2.37. The summed E-state index contributed by atoms with van der Waals surface area (Å²) >= 11 is 0. The number of nitrogens with one attached hydrogen (secondary N) is 1. The van der Waals surface area contributed by atoms with Crippen LogP contribution in [-0.2, 0) is 14.3 Å². The summed E-state index contributed by atoms with van der Waals surface area (Å²) in [6.45, 7) is 1.83. The standard InChI is InChI=1S/C26H30N2O6/c1-16(29)14-28(17-10-11-17)25(32)23(12-13-24(30)31)27-26(33)34-15-22-20-8-4-2-6-18(20)19-7-3-5-9-21(19)22/h2-9,16-17,22-23,29H,10-15H2,1H3,(H,27,33)(H,30,31). The quantitative estimate of drug-likeness (QED) is 0.495. The predicted molar refractivity (Wildman–Crippen MR) is 125 cm³/mol. The van der Waals surface area contributed by atoms with Crippen LogP contribution in [0.15, 0.2) is 48.5 Å². The van der Waals surface area contributed by atoms with E-state index in [1.807, 2.05) is 48.5 Å². The van der Waals surface area contributed by atoms with Crippen LogP contribution in [0, 0.1) is 0 Å². The van der Waals surface area contributed by atoms with E-state index in [0.29, 0.717) is 0 Å². The maximum absolute atomic E-state index is 13.1. The molecule has 1 fully saturated rings. The molecular weight excluding hydrogens is 436 g/mol. The molecular formula is C26H30N2O6. The second kappa shape index (κ2) is 10.3. The van der Waals surface area contributed by atoms with Crippen molar-refractivity contribution in [2.24, 2.45) is 0 Å². The van der Waals surface area contributed by atoms with E-state index in [4.69, 9.17) is 9.84 Å². The van der Waals surface area contributed by atoms with E-state index in [1.54, 1.807) is 11.8 Å². The lowest BCUT2D eigenvalue weighted by atomic mass is 9.98. The average molecular weight is 467 g/mol. The average Bonchev–Trinajstić information content (AvgIpc) is 3.61. The molecule has 4 rings (SSSR count). The lowest BCUT2D eigenvalue weighted by Gasteiger charge is -2.28. The number of aliphatic hydroxyl groups excluding tert-OH is 1. The van der Waals surface area contributed by atoms with Gasteiger partial charge in [0.15, 0.2) is 0 Å². The van der Waals surface area contributed by atoms with Crippen LogP contribution in [-0.4, -0.2) is 64.4 Å². The monoisotopic (exact) mass is 466 g/mol. The molecule has 3 N–H and O–H groups in total. The number of aliphatic carboxylic acids is 1. The fourth-order valence-electron chi connectivity index (χ4n) is 4.60. The van der Waals surface area contributed by atoms with Crippen molar-refractivity contribution >= 4 is 18.0 Å². The Labute approximate surface area is 198 Å². The Morgan fingerprint density at radius 2 is 1.65 bits per heavy atom. The number of carboxylic acids is 1. The Hall–Kier alpha value is -3.39. The predicted octanol–water partition coefficient (Wildman–Crippen LogP) is 3.13. The van der Waals surface area contributed by atoms with Crippen LogP contribution in [0.3, 0.4) is 0 Å². The van der Waals surface area contributed by atoms with Gasteiger partial charge >= 0.3 is 12.1 Å². The van der Waals surface area contributed by atoms with Crippen molar-refractivity contribution in [3.05, 3.63) is 59.7 Å². The number of carbonyl (C=O) groups excluding carboxylic acids is 2. The number of aliphatic hydroxyl groups is 1. The first-order chi connectivity index (χ1) is 16.3. The van der Waals surface area contributed by atoms with Gasteiger partial charge in [0.2, 0.25) is 5.91 Å². The summed E-state index contributed by atoms with van der Waals surface area (Å²) < 4.78 is 5.55. The minimum atomic E-state index is -1.05. The van der Waals surface area contributed by atoms with Gasteiger partial charge in [-0.3, -0.25) is 9.59 Å². The zero-order valence-corrected chi connectivity index (χ0v) is 19.1. The molecule has 0 aliphatic heterocycles. The van der Waals surface area contributed by atoms with Gasteiger partial charge in [0.05, 0.1) is 6.10 Å². The first-order valence-corrected chi connectivity index (χ1v) is 11.7. The zero-order chi connectivity index (χ0) is 24.2. The van der Waals surface area contributed by atoms with Crippen molar-refractivity contribution in [3.8, 4) is 11.1 Å². The van der Waals surface area contributed by atoms with Crippen LogP contribution >= 0.6 is 0 Å². The van der Waals surface area contributed by atoms with Crippen molar-refractivity contribution in [2.75, 3.05) is 13.2 Å². The number of rotatable bonds is 10. The molecule has 0 saturated heterocycles. The van der Waals surface area contributed by atoms with Crippen molar-refractivity contribution in [1.82, 2.24) is 10.2 Å². The molecule has 2 aromatic carbocycles. The SMILES string of the molecule is CC(O)CN(C(=O)C(CCC(=O)O)NC(=O)OCC1c2ccccc2-c2ccccc21)C1CC1. The number of amides is 2. The molecule has 8 nitrogen and oxygen atoms in total. The number of fused-ring (bicyclic) bond motifs is 3.